The van der Waals surface area contributed by atoms with Crippen LogP contribution >= 0.6 is 11.8 Å². The van der Waals surface area contributed by atoms with E-state index >= 15 is 0 Å². The van der Waals surface area contributed by atoms with Gasteiger partial charge in [0, 0.05) is 5.75 Å². The van der Waals surface area contributed by atoms with E-state index in [1.165, 1.54) is 11.8 Å². The molecule has 1 fully saturated rings. The van der Waals surface area contributed by atoms with Crippen LogP contribution in [0.4, 0.5) is 4.79 Å². The van der Waals surface area contributed by atoms with Gasteiger partial charge < -0.3 is 10.1 Å². The topological polar surface area (TPSA) is 55.4 Å². The Bertz CT molecular complexity index is 297. The van der Waals surface area contributed by atoms with Crippen molar-refractivity contribution >= 4 is 23.8 Å². The molecule has 1 saturated heterocycles. The van der Waals surface area contributed by atoms with Crippen LogP contribution in [0.2, 0.25) is 0 Å². The van der Waals surface area contributed by atoms with Crippen molar-refractivity contribution in [2.75, 3.05) is 5.75 Å². The molecule has 2 rings (SSSR count). The third-order valence-electron chi connectivity index (χ3n) is 1.84. The first-order chi connectivity index (χ1) is 5.68. The van der Waals surface area contributed by atoms with E-state index in [0.717, 1.165) is 11.3 Å². The number of cyclic esters (lactones) is 2. The minimum atomic E-state index is -0.643. The van der Waals surface area contributed by atoms with Crippen molar-refractivity contribution in [1.82, 2.24) is 5.32 Å². The Morgan fingerprint density at radius 1 is 1.58 bits per heavy atom. The molecule has 0 aliphatic carbocycles. The second-order valence-corrected chi connectivity index (χ2v) is 3.80. The molecule has 0 saturated carbocycles. The van der Waals surface area contributed by atoms with Crippen molar-refractivity contribution in [1.29, 1.82) is 0 Å². The van der Waals surface area contributed by atoms with Gasteiger partial charge in [-0.3, -0.25) is 0 Å². The summed E-state index contributed by atoms with van der Waals surface area (Å²) >= 11 is 1.54. The van der Waals surface area contributed by atoms with Crippen molar-refractivity contribution in [2.45, 2.75) is 12.3 Å². The molecule has 0 aromatic carbocycles. The molecule has 1 amide bonds. The number of carbonyl (C=O) groups is 2. The number of ether oxygens (including phenoxy) is 1. The van der Waals surface area contributed by atoms with E-state index in [1.54, 1.807) is 0 Å². The Labute approximate surface area is 73.3 Å². The Kier molecular flexibility index (Phi) is 1.61. The van der Waals surface area contributed by atoms with Crippen LogP contribution in [0.25, 0.3) is 0 Å². The molecule has 0 aromatic heterocycles. The molecule has 0 spiro atoms. The fraction of sp³-hybridized carbons (Fsp3) is 0.429. The molecular weight excluding hydrogens is 178 g/mol. The van der Waals surface area contributed by atoms with Gasteiger partial charge in [0.2, 0.25) is 0 Å². The molecule has 0 radical (unpaired) electrons. The number of esters is 1. The standard InChI is InChI=1S/C7H7NO3S/c1-3-2-12-5-4(3)6(9)11-7(10)8-5/h5H,2H2,1H3,(H,8,10). The second-order valence-electron chi connectivity index (χ2n) is 2.71. The van der Waals surface area contributed by atoms with Crippen molar-refractivity contribution in [2.24, 2.45) is 0 Å². The highest BCUT2D eigenvalue weighted by atomic mass is 32.2. The molecule has 5 heteroatoms. The van der Waals surface area contributed by atoms with Crippen LogP contribution in [0, 0.1) is 0 Å². The smallest absolute Gasteiger partial charge is 0.373 e. The number of amides is 1. The highest BCUT2D eigenvalue weighted by Gasteiger charge is 2.37. The monoisotopic (exact) mass is 185 g/mol. The molecule has 12 heavy (non-hydrogen) atoms. The molecule has 2 heterocycles. The van der Waals surface area contributed by atoms with E-state index in [1.807, 2.05) is 6.92 Å². The van der Waals surface area contributed by atoms with E-state index in [9.17, 15) is 9.59 Å². The average Bonchev–Trinajstić information content (AvgIpc) is 2.31. The molecule has 1 atom stereocenters. The van der Waals surface area contributed by atoms with Gasteiger partial charge in [0.1, 0.15) is 5.37 Å². The predicted octanol–water partition coefficient (Wildman–Crippen LogP) is 0.642. The molecule has 2 aliphatic rings. The van der Waals surface area contributed by atoms with Gasteiger partial charge in [-0.25, -0.2) is 9.59 Å². The maximum absolute atomic E-state index is 11.1. The Morgan fingerprint density at radius 3 is 3.08 bits per heavy atom. The summed E-state index contributed by atoms with van der Waals surface area (Å²) in [6.45, 7) is 1.88. The average molecular weight is 185 g/mol. The van der Waals surface area contributed by atoms with Crippen molar-refractivity contribution in [3.63, 3.8) is 0 Å². The van der Waals surface area contributed by atoms with E-state index in [4.69, 9.17) is 0 Å². The first-order valence-electron chi connectivity index (χ1n) is 3.52. The van der Waals surface area contributed by atoms with Crippen LogP contribution in [-0.4, -0.2) is 23.2 Å². The highest BCUT2D eigenvalue weighted by Crippen LogP contribution is 2.33. The SMILES string of the molecule is CC1=C2C(=O)OC(=O)NC2SC1. The number of carbonyl (C=O) groups excluding carboxylic acids is 2. The van der Waals surface area contributed by atoms with E-state index in [2.05, 4.69) is 10.1 Å². The van der Waals surface area contributed by atoms with Gasteiger partial charge >= 0.3 is 12.1 Å². The minimum absolute atomic E-state index is 0.182. The fourth-order valence-corrected chi connectivity index (χ4v) is 2.48. The van der Waals surface area contributed by atoms with Gasteiger partial charge in [-0.15, -0.1) is 11.8 Å². The molecule has 1 N–H and O–H groups in total. The largest absolute Gasteiger partial charge is 0.416 e. The molecule has 0 bridgehead atoms. The number of hydrogen-bond donors (Lipinski definition) is 1. The van der Waals surface area contributed by atoms with Gasteiger partial charge in [-0.05, 0) is 12.5 Å². The Morgan fingerprint density at radius 2 is 2.33 bits per heavy atom. The zero-order valence-corrected chi connectivity index (χ0v) is 7.23. The van der Waals surface area contributed by atoms with Crippen LogP contribution in [0.1, 0.15) is 6.92 Å². The van der Waals surface area contributed by atoms with Crippen LogP contribution in [0.3, 0.4) is 0 Å². The predicted molar refractivity (Wildman–Crippen MR) is 43.6 cm³/mol. The number of alkyl carbamates (subject to hydrolysis) is 1. The summed E-state index contributed by atoms with van der Waals surface area (Å²) in [5.74, 6) is 0.293. The first-order valence-corrected chi connectivity index (χ1v) is 4.57. The zero-order valence-electron chi connectivity index (χ0n) is 6.42. The fourth-order valence-electron chi connectivity index (χ4n) is 1.26. The van der Waals surface area contributed by atoms with Crippen LogP contribution in [0.5, 0.6) is 0 Å². The van der Waals surface area contributed by atoms with Gasteiger partial charge in [0.05, 0.1) is 5.57 Å². The maximum atomic E-state index is 11.1. The van der Waals surface area contributed by atoms with Gasteiger partial charge in [0.25, 0.3) is 0 Å². The third kappa shape index (κ3) is 1.01. The van der Waals surface area contributed by atoms with Crippen LogP contribution < -0.4 is 5.32 Å². The molecule has 4 nitrogen and oxygen atoms in total. The lowest BCUT2D eigenvalue weighted by Crippen LogP contribution is -2.42. The Balaban J connectivity index is 2.34. The third-order valence-corrected chi connectivity index (χ3v) is 3.13. The number of rotatable bonds is 0. The number of hydrogen-bond acceptors (Lipinski definition) is 4. The summed E-state index contributed by atoms with van der Waals surface area (Å²) in [7, 11) is 0. The minimum Gasteiger partial charge on any atom is -0.373 e. The second kappa shape index (κ2) is 2.52. The summed E-state index contributed by atoms with van der Waals surface area (Å²) in [5, 5.41) is 2.38. The van der Waals surface area contributed by atoms with Crippen molar-refractivity contribution < 1.29 is 14.3 Å². The van der Waals surface area contributed by atoms with E-state index in [0.29, 0.717) is 5.57 Å². The summed E-state index contributed by atoms with van der Waals surface area (Å²) < 4.78 is 4.41. The molecular formula is C7H7NO3S. The number of fused-ring (bicyclic) bond motifs is 1. The molecule has 1 unspecified atom stereocenters. The zero-order chi connectivity index (χ0) is 8.72. The van der Waals surface area contributed by atoms with Crippen molar-refractivity contribution in [3.05, 3.63) is 11.1 Å². The van der Waals surface area contributed by atoms with Gasteiger partial charge in [0.15, 0.2) is 0 Å². The first kappa shape index (κ1) is 7.67. The highest BCUT2D eigenvalue weighted by molar-refractivity contribution is 8.00. The lowest BCUT2D eigenvalue weighted by molar-refractivity contribution is -0.134. The van der Waals surface area contributed by atoms with Crippen molar-refractivity contribution in [3.8, 4) is 0 Å². The summed E-state index contributed by atoms with van der Waals surface area (Å²) in [5.41, 5.74) is 1.61. The lowest BCUT2D eigenvalue weighted by atomic mass is 10.1. The van der Waals surface area contributed by atoms with Crippen LogP contribution in [-0.2, 0) is 9.53 Å². The van der Waals surface area contributed by atoms with Crippen LogP contribution in [0.15, 0.2) is 11.1 Å². The van der Waals surface area contributed by atoms with Gasteiger partial charge in [-0.1, -0.05) is 0 Å². The lowest BCUT2D eigenvalue weighted by Gasteiger charge is -2.19. The summed E-state index contributed by atoms with van der Waals surface area (Å²) in [6, 6.07) is 0. The molecule has 0 aromatic rings. The quantitative estimate of drug-likeness (QED) is 0.444. The maximum Gasteiger partial charge on any atom is 0.416 e. The van der Waals surface area contributed by atoms with E-state index < -0.39 is 12.1 Å². The Hall–Kier alpha value is -0.970. The molecule has 64 valence electrons. The summed E-state index contributed by atoms with van der Waals surface area (Å²) in [6.07, 6.45) is -0.643. The van der Waals surface area contributed by atoms with E-state index in [-0.39, 0.29) is 5.37 Å². The number of thioether (sulfide) groups is 1. The van der Waals surface area contributed by atoms with Gasteiger partial charge in [-0.2, -0.15) is 0 Å². The normalized spacial score (nSPS) is 28.2. The molecule has 2 aliphatic heterocycles. The number of nitrogens with one attached hydrogen (secondary N) is 1. The summed E-state index contributed by atoms with van der Waals surface area (Å²) in [4.78, 5) is 21.9.